The molecule has 0 aliphatic heterocycles. The maximum absolute atomic E-state index is 12.1. The number of hydrogen-bond acceptors (Lipinski definition) is 5. The summed E-state index contributed by atoms with van der Waals surface area (Å²) in [5.74, 6) is 0.424. The monoisotopic (exact) mass is 584 g/mol. The normalized spacial score (nSPS) is 11.9. The third kappa shape index (κ3) is 6.35. The standard InChI is InChI=1S/C23H19Cl2IN2O4/c1-31-20-10-14(12-27-28-23(30)21(29)15-5-3-2-4-6-15)9-19(26)22(20)32-13-16-7-8-17(24)11-18(16)25/h2-12,21,29H,13H2,1H3,(H,28,30)/b27-12-/t21-/m1/s1. The zero-order valence-corrected chi connectivity index (χ0v) is 20.6. The number of halogens is 3. The van der Waals surface area contributed by atoms with Crippen LogP contribution >= 0.6 is 45.8 Å². The fourth-order valence-electron chi connectivity index (χ4n) is 2.76. The number of nitrogens with zero attached hydrogens (tertiary/aromatic N) is 1. The van der Waals surface area contributed by atoms with Gasteiger partial charge in [-0.05, 0) is 58.0 Å². The van der Waals surface area contributed by atoms with Gasteiger partial charge in [0.15, 0.2) is 17.6 Å². The van der Waals surface area contributed by atoms with Crippen molar-refractivity contribution in [2.24, 2.45) is 5.10 Å². The van der Waals surface area contributed by atoms with Gasteiger partial charge in [0.2, 0.25) is 0 Å². The maximum atomic E-state index is 12.1. The molecular formula is C23H19Cl2IN2O4. The molecule has 0 aliphatic carbocycles. The molecule has 166 valence electrons. The van der Waals surface area contributed by atoms with E-state index in [0.29, 0.717) is 32.7 Å². The summed E-state index contributed by atoms with van der Waals surface area (Å²) in [7, 11) is 1.53. The Bertz CT molecular complexity index is 1130. The molecule has 3 aromatic carbocycles. The van der Waals surface area contributed by atoms with Gasteiger partial charge in [-0.25, -0.2) is 5.43 Å². The van der Waals surface area contributed by atoms with Crippen LogP contribution in [-0.2, 0) is 11.4 Å². The summed E-state index contributed by atoms with van der Waals surface area (Å²) >= 11 is 14.3. The highest BCUT2D eigenvalue weighted by molar-refractivity contribution is 14.1. The van der Waals surface area contributed by atoms with Crippen molar-refractivity contribution in [2.45, 2.75) is 12.7 Å². The van der Waals surface area contributed by atoms with Crippen molar-refractivity contribution in [3.8, 4) is 11.5 Å². The van der Waals surface area contributed by atoms with E-state index in [9.17, 15) is 9.90 Å². The largest absolute Gasteiger partial charge is 0.493 e. The molecular weight excluding hydrogens is 566 g/mol. The minimum Gasteiger partial charge on any atom is -0.493 e. The van der Waals surface area contributed by atoms with Crippen molar-refractivity contribution in [1.82, 2.24) is 5.43 Å². The number of aliphatic hydroxyl groups excluding tert-OH is 1. The number of hydrogen-bond donors (Lipinski definition) is 2. The summed E-state index contributed by atoms with van der Waals surface area (Å²) in [6.45, 7) is 0.239. The SMILES string of the molecule is COc1cc(/C=N\NC(=O)[C@H](O)c2ccccc2)cc(I)c1OCc1ccc(Cl)cc1Cl. The Morgan fingerprint density at radius 1 is 1.19 bits per heavy atom. The zero-order valence-electron chi connectivity index (χ0n) is 16.9. The molecule has 0 aromatic heterocycles. The molecule has 0 fully saturated rings. The molecule has 0 unspecified atom stereocenters. The fourth-order valence-corrected chi connectivity index (χ4v) is 4.01. The second kappa shape index (κ2) is 11.5. The number of methoxy groups -OCH3 is 1. The van der Waals surface area contributed by atoms with E-state index in [1.807, 2.05) is 6.07 Å². The average molecular weight is 585 g/mol. The lowest BCUT2D eigenvalue weighted by molar-refractivity contribution is -0.129. The highest BCUT2D eigenvalue weighted by Gasteiger charge is 2.16. The van der Waals surface area contributed by atoms with E-state index in [1.54, 1.807) is 54.6 Å². The second-order valence-corrected chi connectivity index (χ2v) is 8.61. The van der Waals surface area contributed by atoms with E-state index in [0.717, 1.165) is 9.13 Å². The second-order valence-electron chi connectivity index (χ2n) is 6.61. The summed E-state index contributed by atoms with van der Waals surface area (Å²) in [6, 6.07) is 17.4. The molecule has 32 heavy (non-hydrogen) atoms. The highest BCUT2D eigenvalue weighted by atomic mass is 127. The van der Waals surface area contributed by atoms with Crippen LogP contribution < -0.4 is 14.9 Å². The van der Waals surface area contributed by atoms with Crippen LogP contribution in [0.2, 0.25) is 10.0 Å². The number of nitrogens with one attached hydrogen (secondary N) is 1. The number of amides is 1. The molecule has 3 aromatic rings. The van der Waals surface area contributed by atoms with Crippen LogP contribution in [0.5, 0.6) is 11.5 Å². The predicted molar refractivity (Wildman–Crippen MR) is 134 cm³/mol. The molecule has 0 heterocycles. The third-order valence-corrected chi connectivity index (χ3v) is 5.78. The van der Waals surface area contributed by atoms with Gasteiger partial charge in [0.25, 0.3) is 5.91 Å². The summed E-state index contributed by atoms with van der Waals surface area (Å²) in [5.41, 5.74) is 4.29. The number of benzene rings is 3. The molecule has 0 radical (unpaired) electrons. The van der Waals surface area contributed by atoms with E-state index in [4.69, 9.17) is 32.7 Å². The summed E-state index contributed by atoms with van der Waals surface area (Å²) in [6.07, 6.45) is 0.152. The van der Waals surface area contributed by atoms with Crippen LogP contribution in [0, 0.1) is 3.57 Å². The van der Waals surface area contributed by atoms with Gasteiger partial charge in [0, 0.05) is 15.6 Å². The molecule has 9 heteroatoms. The Hall–Kier alpha value is -2.33. The average Bonchev–Trinajstić information content (AvgIpc) is 2.79. The highest BCUT2D eigenvalue weighted by Crippen LogP contribution is 2.35. The number of carbonyl (C=O) groups is 1. The van der Waals surface area contributed by atoms with Gasteiger partial charge in [-0.1, -0.05) is 59.6 Å². The van der Waals surface area contributed by atoms with Crippen LogP contribution in [-0.4, -0.2) is 24.3 Å². The molecule has 0 aliphatic rings. The minimum absolute atomic E-state index is 0.239. The van der Waals surface area contributed by atoms with Crippen molar-refractivity contribution in [3.05, 3.63) is 91.0 Å². The van der Waals surface area contributed by atoms with Gasteiger partial charge in [0.05, 0.1) is 16.9 Å². The Labute approximate surface area is 209 Å². The zero-order chi connectivity index (χ0) is 23.1. The van der Waals surface area contributed by atoms with Gasteiger partial charge < -0.3 is 14.6 Å². The first-order valence-corrected chi connectivity index (χ1v) is 11.2. The maximum Gasteiger partial charge on any atom is 0.273 e. The fraction of sp³-hybridized carbons (Fsp3) is 0.130. The lowest BCUT2D eigenvalue weighted by atomic mass is 10.1. The van der Waals surface area contributed by atoms with Crippen LogP contribution in [0.15, 0.2) is 65.8 Å². The van der Waals surface area contributed by atoms with E-state index in [2.05, 4.69) is 33.1 Å². The molecule has 2 N–H and O–H groups in total. The van der Waals surface area contributed by atoms with Crippen molar-refractivity contribution < 1.29 is 19.4 Å². The Morgan fingerprint density at radius 3 is 2.62 bits per heavy atom. The summed E-state index contributed by atoms with van der Waals surface area (Å²) < 4.78 is 12.2. The van der Waals surface area contributed by atoms with Gasteiger partial charge in [-0.2, -0.15) is 5.10 Å². The molecule has 0 saturated heterocycles. The number of rotatable bonds is 8. The van der Waals surface area contributed by atoms with Crippen molar-refractivity contribution >= 4 is 57.9 Å². The Kier molecular flexibility index (Phi) is 8.75. The quantitative estimate of drug-likeness (QED) is 0.212. The van der Waals surface area contributed by atoms with Crippen molar-refractivity contribution in [1.29, 1.82) is 0 Å². The van der Waals surface area contributed by atoms with Gasteiger partial charge in [-0.15, -0.1) is 0 Å². The molecule has 0 saturated carbocycles. The molecule has 1 atom stereocenters. The van der Waals surface area contributed by atoms with Gasteiger partial charge in [0.1, 0.15) is 6.61 Å². The smallest absolute Gasteiger partial charge is 0.273 e. The van der Waals surface area contributed by atoms with Crippen molar-refractivity contribution in [2.75, 3.05) is 7.11 Å². The van der Waals surface area contributed by atoms with Crippen molar-refractivity contribution in [3.63, 3.8) is 0 Å². The number of hydrazone groups is 1. The van der Waals surface area contributed by atoms with Gasteiger partial charge >= 0.3 is 0 Å². The Morgan fingerprint density at radius 2 is 1.94 bits per heavy atom. The first-order chi connectivity index (χ1) is 15.4. The minimum atomic E-state index is -1.31. The van der Waals surface area contributed by atoms with E-state index in [1.165, 1.54) is 13.3 Å². The van der Waals surface area contributed by atoms with Crippen LogP contribution in [0.3, 0.4) is 0 Å². The molecule has 3 rings (SSSR count). The van der Waals surface area contributed by atoms with E-state index < -0.39 is 12.0 Å². The van der Waals surface area contributed by atoms with E-state index >= 15 is 0 Å². The van der Waals surface area contributed by atoms with Crippen LogP contribution in [0.1, 0.15) is 22.8 Å². The Balaban J connectivity index is 1.68. The summed E-state index contributed by atoms with van der Waals surface area (Å²) in [4.78, 5) is 12.1. The molecule has 1 amide bonds. The first-order valence-electron chi connectivity index (χ1n) is 9.39. The lowest BCUT2D eigenvalue weighted by Crippen LogP contribution is -2.25. The lowest BCUT2D eigenvalue weighted by Gasteiger charge is -2.14. The van der Waals surface area contributed by atoms with Crippen LogP contribution in [0.25, 0.3) is 0 Å². The number of ether oxygens (including phenoxy) is 2. The third-order valence-electron chi connectivity index (χ3n) is 4.39. The predicted octanol–water partition coefficient (Wildman–Crippen LogP) is 5.37. The van der Waals surface area contributed by atoms with E-state index in [-0.39, 0.29) is 6.61 Å². The van der Waals surface area contributed by atoms with Gasteiger partial charge in [-0.3, -0.25) is 4.79 Å². The molecule has 0 bridgehead atoms. The number of carbonyl (C=O) groups excluding carboxylic acids is 1. The topological polar surface area (TPSA) is 80.2 Å². The molecule has 0 spiro atoms. The first kappa shape index (κ1) is 24.3. The number of aliphatic hydroxyl groups is 1. The van der Waals surface area contributed by atoms with Crippen LogP contribution in [0.4, 0.5) is 0 Å². The summed E-state index contributed by atoms with van der Waals surface area (Å²) in [5, 5.41) is 15.1. The molecule has 6 nitrogen and oxygen atoms in total.